The summed E-state index contributed by atoms with van der Waals surface area (Å²) in [6.45, 7) is 0. The van der Waals surface area contributed by atoms with E-state index in [9.17, 15) is 4.39 Å². The second-order valence-electron chi connectivity index (χ2n) is 4.31. The minimum Gasteiger partial charge on any atom is -0.313 e. The third kappa shape index (κ3) is 3.47. The minimum atomic E-state index is -0.355. The van der Waals surface area contributed by atoms with Crippen LogP contribution in [0, 0.1) is 5.82 Å². The Balaban J connectivity index is 2.26. The lowest BCUT2D eigenvalue weighted by molar-refractivity contribution is 0.554. The molecule has 1 nitrogen and oxygen atoms in total. The summed E-state index contributed by atoms with van der Waals surface area (Å²) in [7, 11) is 1.84. The highest BCUT2D eigenvalue weighted by Gasteiger charge is 2.14. The Morgan fingerprint density at radius 2 is 1.89 bits per heavy atom. The number of likely N-dealkylation sites (N-methyl/N-ethyl adjacent to an activating group) is 1. The number of nitrogens with one attached hydrogen (secondary N) is 1. The van der Waals surface area contributed by atoms with Crippen molar-refractivity contribution in [2.45, 2.75) is 12.5 Å². The van der Waals surface area contributed by atoms with Crippen LogP contribution in [-0.2, 0) is 6.42 Å². The highest BCUT2D eigenvalue weighted by Crippen LogP contribution is 2.25. The zero-order chi connectivity index (χ0) is 13.8. The van der Waals surface area contributed by atoms with E-state index in [2.05, 4.69) is 5.32 Å². The van der Waals surface area contributed by atoms with Crippen molar-refractivity contribution in [1.29, 1.82) is 0 Å². The first-order chi connectivity index (χ1) is 9.11. The van der Waals surface area contributed by atoms with Gasteiger partial charge in [0, 0.05) is 11.1 Å². The molecule has 0 bridgehead atoms. The lowest BCUT2D eigenvalue weighted by Crippen LogP contribution is -2.19. The monoisotopic (exact) mass is 297 g/mol. The summed E-state index contributed by atoms with van der Waals surface area (Å²) in [5.41, 5.74) is 1.61. The highest BCUT2D eigenvalue weighted by atomic mass is 35.5. The molecule has 0 aliphatic heterocycles. The van der Waals surface area contributed by atoms with Gasteiger partial charge in [0.15, 0.2) is 0 Å². The number of rotatable bonds is 4. The summed E-state index contributed by atoms with van der Waals surface area (Å²) in [6.07, 6.45) is 0.517. The van der Waals surface area contributed by atoms with Gasteiger partial charge >= 0.3 is 0 Å². The van der Waals surface area contributed by atoms with Crippen molar-refractivity contribution in [2.75, 3.05) is 7.05 Å². The lowest BCUT2D eigenvalue weighted by atomic mass is 9.99. The van der Waals surface area contributed by atoms with Gasteiger partial charge in [0.25, 0.3) is 0 Å². The SMILES string of the molecule is CNC(Cc1cccc(Cl)c1F)c1cccc(Cl)c1. The van der Waals surface area contributed by atoms with Crippen molar-refractivity contribution in [2.24, 2.45) is 0 Å². The standard InChI is InChI=1S/C15H14Cl2FN/c1-19-14(10-4-2-6-12(16)8-10)9-11-5-3-7-13(17)15(11)18/h2-8,14,19H,9H2,1H3. The highest BCUT2D eigenvalue weighted by molar-refractivity contribution is 6.31. The van der Waals surface area contributed by atoms with E-state index in [1.807, 2.05) is 31.3 Å². The molecule has 0 saturated heterocycles. The van der Waals surface area contributed by atoms with Crippen LogP contribution < -0.4 is 5.32 Å². The Morgan fingerprint density at radius 1 is 1.16 bits per heavy atom. The topological polar surface area (TPSA) is 12.0 Å². The number of halogens is 3. The van der Waals surface area contributed by atoms with E-state index in [1.165, 1.54) is 0 Å². The van der Waals surface area contributed by atoms with Crippen molar-refractivity contribution in [3.05, 3.63) is 69.5 Å². The average Bonchev–Trinajstić information content (AvgIpc) is 2.40. The van der Waals surface area contributed by atoms with Crippen LogP contribution in [0.2, 0.25) is 10.0 Å². The zero-order valence-corrected chi connectivity index (χ0v) is 12.0. The molecule has 2 rings (SSSR count). The smallest absolute Gasteiger partial charge is 0.145 e. The van der Waals surface area contributed by atoms with E-state index < -0.39 is 0 Å². The maximum atomic E-state index is 13.9. The second kappa shape index (κ2) is 6.38. The van der Waals surface area contributed by atoms with Gasteiger partial charge < -0.3 is 5.32 Å². The van der Waals surface area contributed by atoms with Gasteiger partial charge in [0.1, 0.15) is 5.82 Å². The summed E-state index contributed by atoms with van der Waals surface area (Å²) in [5.74, 6) is -0.355. The molecule has 1 unspecified atom stereocenters. The summed E-state index contributed by atoms with van der Waals surface area (Å²) >= 11 is 11.8. The summed E-state index contributed by atoms with van der Waals surface area (Å²) in [6, 6.07) is 12.6. The fourth-order valence-corrected chi connectivity index (χ4v) is 2.43. The molecule has 0 aliphatic rings. The Hall–Kier alpha value is -1.09. The third-order valence-electron chi connectivity index (χ3n) is 3.06. The molecule has 1 atom stereocenters. The summed E-state index contributed by atoms with van der Waals surface area (Å²) in [5, 5.41) is 3.99. The van der Waals surface area contributed by atoms with Crippen LogP contribution in [-0.4, -0.2) is 7.05 Å². The van der Waals surface area contributed by atoms with Crippen molar-refractivity contribution in [3.63, 3.8) is 0 Å². The van der Waals surface area contributed by atoms with Crippen LogP contribution in [0.25, 0.3) is 0 Å². The molecule has 0 spiro atoms. The van der Waals surface area contributed by atoms with Gasteiger partial charge in [0.2, 0.25) is 0 Å². The van der Waals surface area contributed by atoms with Gasteiger partial charge in [-0.3, -0.25) is 0 Å². The molecule has 1 N–H and O–H groups in total. The molecule has 19 heavy (non-hydrogen) atoms. The summed E-state index contributed by atoms with van der Waals surface area (Å²) < 4.78 is 13.9. The van der Waals surface area contributed by atoms with E-state index in [0.29, 0.717) is 17.0 Å². The molecule has 0 radical (unpaired) electrons. The van der Waals surface area contributed by atoms with Crippen LogP contribution in [0.1, 0.15) is 17.2 Å². The average molecular weight is 298 g/mol. The maximum absolute atomic E-state index is 13.9. The Labute approximate surface area is 122 Å². The fraction of sp³-hybridized carbons (Fsp3) is 0.200. The van der Waals surface area contributed by atoms with Crippen molar-refractivity contribution >= 4 is 23.2 Å². The van der Waals surface area contributed by atoms with Crippen LogP contribution in [0.3, 0.4) is 0 Å². The van der Waals surface area contributed by atoms with Crippen molar-refractivity contribution < 1.29 is 4.39 Å². The minimum absolute atomic E-state index is 0.00772. The molecule has 0 fully saturated rings. The molecule has 2 aromatic rings. The molecule has 0 saturated carbocycles. The van der Waals surface area contributed by atoms with Crippen LogP contribution >= 0.6 is 23.2 Å². The molecular weight excluding hydrogens is 284 g/mol. The van der Waals surface area contributed by atoms with Gasteiger partial charge in [-0.25, -0.2) is 4.39 Å². The predicted octanol–water partition coefficient (Wildman–Crippen LogP) is 4.64. The first-order valence-corrected chi connectivity index (χ1v) is 6.73. The molecule has 4 heteroatoms. The van der Waals surface area contributed by atoms with Gasteiger partial charge in [-0.1, -0.05) is 47.5 Å². The first kappa shape index (κ1) is 14.3. The molecule has 2 aromatic carbocycles. The molecule has 0 aliphatic carbocycles. The van der Waals surface area contributed by atoms with Gasteiger partial charge in [-0.2, -0.15) is 0 Å². The molecular formula is C15H14Cl2FN. The molecule has 0 heterocycles. The van der Waals surface area contributed by atoms with Crippen molar-refractivity contribution in [3.8, 4) is 0 Å². The summed E-state index contributed by atoms with van der Waals surface area (Å²) in [4.78, 5) is 0. The number of hydrogen-bond acceptors (Lipinski definition) is 1. The molecule has 0 amide bonds. The largest absolute Gasteiger partial charge is 0.313 e. The predicted molar refractivity (Wildman–Crippen MR) is 78.4 cm³/mol. The fourth-order valence-electron chi connectivity index (χ4n) is 2.04. The van der Waals surface area contributed by atoms with Crippen molar-refractivity contribution in [1.82, 2.24) is 5.32 Å². The van der Waals surface area contributed by atoms with Crippen LogP contribution in [0.5, 0.6) is 0 Å². The van der Waals surface area contributed by atoms with E-state index in [4.69, 9.17) is 23.2 Å². The van der Waals surface area contributed by atoms with Gasteiger partial charge in [-0.15, -0.1) is 0 Å². The number of benzene rings is 2. The van der Waals surface area contributed by atoms with Gasteiger partial charge in [0.05, 0.1) is 5.02 Å². The Bertz CT molecular complexity index is 572. The Kier molecular flexibility index (Phi) is 4.81. The molecule has 100 valence electrons. The Morgan fingerprint density at radius 3 is 2.58 bits per heavy atom. The first-order valence-electron chi connectivity index (χ1n) is 5.97. The van der Waals surface area contributed by atoms with E-state index in [-0.39, 0.29) is 16.9 Å². The lowest BCUT2D eigenvalue weighted by Gasteiger charge is -2.17. The normalized spacial score (nSPS) is 12.4. The van der Waals surface area contributed by atoms with E-state index in [1.54, 1.807) is 18.2 Å². The second-order valence-corrected chi connectivity index (χ2v) is 5.16. The van der Waals surface area contributed by atoms with Gasteiger partial charge in [-0.05, 0) is 42.8 Å². The quantitative estimate of drug-likeness (QED) is 0.867. The van der Waals surface area contributed by atoms with Crippen LogP contribution in [0.4, 0.5) is 4.39 Å². The van der Waals surface area contributed by atoms with Crippen LogP contribution in [0.15, 0.2) is 42.5 Å². The number of hydrogen-bond donors (Lipinski definition) is 1. The third-order valence-corrected chi connectivity index (χ3v) is 3.58. The molecule has 0 aromatic heterocycles. The van der Waals surface area contributed by atoms with E-state index in [0.717, 1.165) is 5.56 Å². The van der Waals surface area contributed by atoms with E-state index >= 15 is 0 Å². The maximum Gasteiger partial charge on any atom is 0.145 e. The zero-order valence-electron chi connectivity index (χ0n) is 10.5.